The quantitative estimate of drug-likeness (QED) is 0.293. The molecule has 3 aromatic carbocycles. The number of nitrogens with one attached hydrogen (secondary N) is 1. The van der Waals surface area contributed by atoms with Gasteiger partial charge in [0.25, 0.3) is 0 Å². The SMILES string of the molecule is COc1ccc(CCN(Cc2ccc(OCc3ccccc3)c(OC)c2)C(=O)NC2CCCCC2)cc1OC. The van der Waals surface area contributed by atoms with Crippen molar-refractivity contribution in [3.05, 3.63) is 83.4 Å². The van der Waals surface area contributed by atoms with Gasteiger partial charge in [-0.3, -0.25) is 0 Å². The van der Waals surface area contributed by atoms with E-state index in [1.54, 1.807) is 21.3 Å². The van der Waals surface area contributed by atoms with E-state index in [1.807, 2.05) is 71.6 Å². The highest BCUT2D eigenvalue weighted by Gasteiger charge is 2.21. The van der Waals surface area contributed by atoms with Gasteiger partial charge in [-0.2, -0.15) is 0 Å². The number of urea groups is 1. The first-order chi connectivity index (χ1) is 19.1. The number of amides is 2. The maximum Gasteiger partial charge on any atom is 0.317 e. The van der Waals surface area contributed by atoms with E-state index in [4.69, 9.17) is 18.9 Å². The summed E-state index contributed by atoms with van der Waals surface area (Å²) in [6, 6.07) is 22.0. The third kappa shape index (κ3) is 8.06. The third-order valence-electron chi connectivity index (χ3n) is 7.18. The lowest BCUT2D eigenvalue weighted by Crippen LogP contribution is -2.45. The molecule has 0 atom stereocenters. The summed E-state index contributed by atoms with van der Waals surface area (Å²) in [5.41, 5.74) is 3.14. The zero-order valence-corrected chi connectivity index (χ0v) is 23.3. The average molecular weight is 533 g/mol. The molecule has 1 aliphatic rings. The topological polar surface area (TPSA) is 69.3 Å². The number of ether oxygens (including phenoxy) is 4. The standard InChI is InChI=1S/C32H40N2O5/c1-36-28-16-14-24(20-30(28)37-2)18-19-34(32(35)33-27-12-8-5-9-13-27)22-26-15-17-29(31(21-26)38-3)39-23-25-10-6-4-7-11-25/h4,6-7,10-11,14-17,20-21,27H,5,8-9,12-13,18-19,22-23H2,1-3H3,(H,33,35). The molecule has 0 bridgehead atoms. The molecule has 0 saturated heterocycles. The summed E-state index contributed by atoms with van der Waals surface area (Å²) in [4.78, 5) is 15.3. The lowest BCUT2D eigenvalue weighted by Gasteiger charge is -2.29. The van der Waals surface area contributed by atoms with E-state index in [9.17, 15) is 4.79 Å². The molecule has 0 aromatic heterocycles. The first-order valence-corrected chi connectivity index (χ1v) is 13.7. The summed E-state index contributed by atoms with van der Waals surface area (Å²) in [5, 5.41) is 3.28. The molecule has 7 heteroatoms. The summed E-state index contributed by atoms with van der Waals surface area (Å²) < 4.78 is 22.5. The van der Waals surface area contributed by atoms with Crippen molar-refractivity contribution < 1.29 is 23.7 Å². The Morgan fingerprint density at radius 2 is 1.41 bits per heavy atom. The minimum Gasteiger partial charge on any atom is -0.493 e. The molecule has 1 N–H and O–H groups in total. The Kier molecular flexibility index (Phi) is 10.3. The van der Waals surface area contributed by atoms with Gasteiger partial charge >= 0.3 is 6.03 Å². The molecule has 1 fully saturated rings. The molecule has 3 aromatic rings. The third-order valence-corrected chi connectivity index (χ3v) is 7.18. The van der Waals surface area contributed by atoms with Crippen molar-refractivity contribution in [1.29, 1.82) is 0 Å². The van der Waals surface area contributed by atoms with Crippen LogP contribution in [-0.2, 0) is 19.6 Å². The normalized spacial score (nSPS) is 13.4. The highest BCUT2D eigenvalue weighted by atomic mass is 16.5. The van der Waals surface area contributed by atoms with E-state index in [0.29, 0.717) is 49.1 Å². The summed E-state index contributed by atoms with van der Waals surface area (Å²) in [5.74, 6) is 2.70. The number of benzene rings is 3. The van der Waals surface area contributed by atoms with Crippen molar-refractivity contribution in [1.82, 2.24) is 10.2 Å². The molecule has 0 spiro atoms. The number of carbonyl (C=O) groups excluding carboxylic acids is 1. The minimum absolute atomic E-state index is 0.0363. The monoisotopic (exact) mass is 532 g/mol. The first kappa shape index (κ1) is 28.1. The molecule has 208 valence electrons. The van der Waals surface area contributed by atoms with Crippen molar-refractivity contribution in [3.63, 3.8) is 0 Å². The number of rotatable bonds is 12. The van der Waals surface area contributed by atoms with Crippen LogP contribution >= 0.6 is 0 Å². The van der Waals surface area contributed by atoms with Gasteiger partial charge in [-0.05, 0) is 60.2 Å². The van der Waals surface area contributed by atoms with Crippen LogP contribution < -0.4 is 24.3 Å². The Morgan fingerprint density at radius 3 is 2.13 bits per heavy atom. The fourth-order valence-electron chi connectivity index (χ4n) is 4.95. The lowest BCUT2D eigenvalue weighted by atomic mass is 9.96. The maximum absolute atomic E-state index is 13.5. The minimum atomic E-state index is -0.0363. The van der Waals surface area contributed by atoms with Crippen molar-refractivity contribution in [2.75, 3.05) is 27.9 Å². The second-order valence-electron chi connectivity index (χ2n) is 9.90. The fourth-order valence-corrected chi connectivity index (χ4v) is 4.95. The average Bonchev–Trinajstić information content (AvgIpc) is 2.99. The smallest absolute Gasteiger partial charge is 0.317 e. The van der Waals surface area contributed by atoms with Crippen molar-refractivity contribution >= 4 is 6.03 Å². The molecule has 0 radical (unpaired) electrons. The molecule has 0 aliphatic heterocycles. The van der Waals surface area contributed by atoms with Gasteiger partial charge in [-0.25, -0.2) is 4.79 Å². The molecule has 7 nitrogen and oxygen atoms in total. The summed E-state index contributed by atoms with van der Waals surface area (Å²) in [6.45, 7) is 1.47. The molecule has 1 saturated carbocycles. The van der Waals surface area contributed by atoms with Gasteiger partial charge in [0.1, 0.15) is 6.61 Å². The van der Waals surface area contributed by atoms with E-state index in [1.165, 1.54) is 6.42 Å². The zero-order chi connectivity index (χ0) is 27.5. The Morgan fingerprint density at radius 1 is 0.769 bits per heavy atom. The van der Waals surface area contributed by atoms with Gasteiger partial charge in [-0.15, -0.1) is 0 Å². The number of carbonyl (C=O) groups is 1. The number of methoxy groups -OCH3 is 3. The van der Waals surface area contributed by atoms with Gasteiger partial charge in [0.05, 0.1) is 21.3 Å². The van der Waals surface area contributed by atoms with Gasteiger partial charge < -0.3 is 29.2 Å². The molecular formula is C32H40N2O5. The molecule has 4 rings (SSSR count). The van der Waals surface area contributed by atoms with Gasteiger partial charge in [0.15, 0.2) is 23.0 Å². The van der Waals surface area contributed by atoms with Crippen molar-refractivity contribution in [3.8, 4) is 23.0 Å². The first-order valence-electron chi connectivity index (χ1n) is 13.7. The second kappa shape index (κ2) is 14.3. The van der Waals surface area contributed by atoms with Crippen LogP contribution in [0.25, 0.3) is 0 Å². The van der Waals surface area contributed by atoms with Crippen LogP contribution in [0, 0.1) is 0 Å². The van der Waals surface area contributed by atoms with Crippen molar-refractivity contribution in [2.45, 2.75) is 57.7 Å². The Hall–Kier alpha value is -3.87. The van der Waals surface area contributed by atoms with Gasteiger partial charge in [0.2, 0.25) is 0 Å². The lowest BCUT2D eigenvalue weighted by molar-refractivity contribution is 0.187. The van der Waals surface area contributed by atoms with Crippen LogP contribution in [0.2, 0.25) is 0 Å². The summed E-state index contributed by atoms with van der Waals surface area (Å²) in [6.07, 6.45) is 6.34. The Labute approximate surface area is 232 Å². The second-order valence-corrected chi connectivity index (χ2v) is 9.90. The van der Waals surface area contributed by atoms with Gasteiger partial charge in [0, 0.05) is 19.1 Å². The van der Waals surface area contributed by atoms with Crippen LogP contribution in [0.1, 0.15) is 48.8 Å². The number of nitrogens with zero attached hydrogens (tertiary/aromatic N) is 1. The van der Waals surface area contributed by atoms with Crippen LogP contribution in [0.5, 0.6) is 23.0 Å². The van der Waals surface area contributed by atoms with E-state index >= 15 is 0 Å². The number of hydrogen-bond acceptors (Lipinski definition) is 5. The predicted molar refractivity (Wildman–Crippen MR) is 153 cm³/mol. The largest absolute Gasteiger partial charge is 0.493 e. The summed E-state index contributed by atoms with van der Waals surface area (Å²) in [7, 11) is 4.90. The Balaban J connectivity index is 1.47. The molecule has 39 heavy (non-hydrogen) atoms. The van der Waals surface area contributed by atoms with Crippen LogP contribution in [-0.4, -0.2) is 44.8 Å². The Bertz CT molecular complexity index is 1190. The highest BCUT2D eigenvalue weighted by Crippen LogP contribution is 2.30. The van der Waals surface area contributed by atoms with Crippen LogP contribution in [0.15, 0.2) is 66.7 Å². The zero-order valence-electron chi connectivity index (χ0n) is 23.3. The molecule has 1 aliphatic carbocycles. The molecule has 2 amide bonds. The van der Waals surface area contributed by atoms with Gasteiger partial charge in [-0.1, -0.05) is 61.7 Å². The van der Waals surface area contributed by atoms with Crippen LogP contribution in [0.4, 0.5) is 4.79 Å². The maximum atomic E-state index is 13.5. The summed E-state index contributed by atoms with van der Waals surface area (Å²) >= 11 is 0. The van der Waals surface area contributed by atoms with Crippen molar-refractivity contribution in [2.24, 2.45) is 0 Å². The molecule has 0 unspecified atom stereocenters. The van der Waals surface area contributed by atoms with E-state index in [2.05, 4.69) is 5.32 Å². The highest BCUT2D eigenvalue weighted by molar-refractivity contribution is 5.74. The van der Waals surface area contributed by atoms with Crippen LogP contribution in [0.3, 0.4) is 0 Å². The molecular weight excluding hydrogens is 492 g/mol. The van der Waals surface area contributed by atoms with E-state index in [0.717, 1.165) is 42.4 Å². The number of hydrogen-bond donors (Lipinski definition) is 1. The van der Waals surface area contributed by atoms with E-state index in [-0.39, 0.29) is 12.1 Å². The fraction of sp³-hybridized carbons (Fsp3) is 0.406. The predicted octanol–water partition coefficient (Wildman–Crippen LogP) is 6.38. The molecule has 0 heterocycles. The van der Waals surface area contributed by atoms with E-state index < -0.39 is 0 Å².